The summed E-state index contributed by atoms with van der Waals surface area (Å²) in [6, 6.07) is 9.93. The van der Waals surface area contributed by atoms with Gasteiger partial charge in [0.25, 0.3) is 0 Å². The third kappa shape index (κ3) is 3.07. The van der Waals surface area contributed by atoms with E-state index in [-0.39, 0.29) is 0 Å². The first kappa shape index (κ1) is 15.6. The molecule has 1 aliphatic heterocycles. The molecule has 0 aliphatic carbocycles. The van der Waals surface area contributed by atoms with Crippen LogP contribution in [0.5, 0.6) is 5.88 Å². The van der Waals surface area contributed by atoms with Crippen LogP contribution in [0.3, 0.4) is 0 Å². The lowest BCUT2D eigenvalue weighted by Crippen LogP contribution is -2.12. The summed E-state index contributed by atoms with van der Waals surface area (Å²) in [6.45, 7) is 4.39. The predicted molar refractivity (Wildman–Crippen MR) is 90.2 cm³/mol. The Morgan fingerprint density at radius 1 is 1.18 bits per heavy atom. The van der Waals surface area contributed by atoms with Gasteiger partial charge in [0.05, 0.1) is 16.7 Å². The van der Waals surface area contributed by atoms with Gasteiger partial charge >= 0.3 is 0 Å². The fourth-order valence-corrected chi connectivity index (χ4v) is 3.35. The highest BCUT2D eigenvalue weighted by atomic mass is 35.5. The van der Waals surface area contributed by atoms with Crippen LogP contribution in [0.1, 0.15) is 29.9 Å². The summed E-state index contributed by atoms with van der Waals surface area (Å²) in [5.41, 5.74) is 2.33. The molecule has 3 rings (SSSR count). The van der Waals surface area contributed by atoms with Crippen molar-refractivity contribution in [3.05, 3.63) is 57.7 Å². The number of benzene rings is 1. The predicted octanol–water partition coefficient (Wildman–Crippen LogP) is 4.26. The minimum absolute atomic E-state index is 0.312. The summed E-state index contributed by atoms with van der Waals surface area (Å²) >= 11 is 12.2. The molecule has 2 unspecified atom stereocenters. The van der Waals surface area contributed by atoms with Gasteiger partial charge in [0.1, 0.15) is 0 Å². The van der Waals surface area contributed by atoms with Crippen LogP contribution >= 0.6 is 23.2 Å². The van der Waals surface area contributed by atoms with Gasteiger partial charge in [-0.25, -0.2) is 4.98 Å². The van der Waals surface area contributed by atoms with E-state index in [0.29, 0.717) is 28.5 Å². The molecule has 2 aromatic rings. The fraction of sp³-hybridized carbons (Fsp3) is 0.353. The molecule has 1 aromatic carbocycles. The average Bonchev–Trinajstić information content (AvgIpc) is 3.00. The molecule has 2 atom stereocenters. The van der Waals surface area contributed by atoms with Crippen LogP contribution in [0.2, 0.25) is 10.0 Å². The third-order valence-electron chi connectivity index (χ3n) is 4.07. The van der Waals surface area contributed by atoms with E-state index >= 15 is 0 Å². The van der Waals surface area contributed by atoms with Gasteiger partial charge in [0.15, 0.2) is 0 Å². The maximum atomic E-state index is 6.18. The van der Waals surface area contributed by atoms with Crippen molar-refractivity contribution in [3.63, 3.8) is 0 Å². The maximum Gasteiger partial charge on any atom is 0.216 e. The molecule has 116 valence electrons. The highest BCUT2D eigenvalue weighted by Crippen LogP contribution is 2.40. The number of aromatic nitrogens is 1. The van der Waals surface area contributed by atoms with Gasteiger partial charge in [-0.1, -0.05) is 35.3 Å². The van der Waals surface area contributed by atoms with E-state index in [1.807, 2.05) is 25.1 Å². The average molecular weight is 337 g/mol. The van der Waals surface area contributed by atoms with Crippen LogP contribution < -0.4 is 10.1 Å². The first-order valence-electron chi connectivity index (χ1n) is 7.44. The smallest absolute Gasteiger partial charge is 0.216 e. The van der Waals surface area contributed by atoms with E-state index in [1.165, 1.54) is 5.56 Å². The lowest BCUT2D eigenvalue weighted by Gasteiger charge is -2.21. The van der Waals surface area contributed by atoms with Crippen LogP contribution in [-0.4, -0.2) is 24.7 Å². The minimum atomic E-state index is 0.312. The molecule has 1 fully saturated rings. The second kappa shape index (κ2) is 6.86. The number of hydrogen-bond donors (Lipinski definition) is 1. The minimum Gasteiger partial charge on any atom is -0.478 e. The fourth-order valence-electron chi connectivity index (χ4n) is 3.04. The quantitative estimate of drug-likeness (QED) is 0.905. The molecule has 0 radical (unpaired) electrons. The first-order chi connectivity index (χ1) is 10.7. The van der Waals surface area contributed by atoms with Gasteiger partial charge in [-0.05, 0) is 30.7 Å². The Morgan fingerprint density at radius 3 is 2.77 bits per heavy atom. The van der Waals surface area contributed by atoms with Crippen LogP contribution in [-0.2, 0) is 0 Å². The van der Waals surface area contributed by atoms with Crippen molar-refractivity contribution < 1.29 is 4.74 Å². The van der Waals surface area contributed by atoms with Crippen LogP contribution in [0.4, 0.5) is 0 Å². The Bertz CT molecular complexity index is 663. The topological polar surface area (TPSA) is 34.1 Å². The zero-order valence-electron chi connectivity index (χ0n) is 12.4. The SMILES string of the molecule is CCOc1ncccc1C1CNCC1c1ccc(Cl)c(Cl)c1. The van der Waals surface area contributed by atoms with Crippen molar-refractivity contribution in [2.75, 3.05) is 19.7 Å². The molecule has 1 N–H and O–H groups in total. The molecule has 0 saturated carbocycles. The molecule has 5 heteroatoms. The molecule has 3 nitrogen and oxygen atoms in total. The summed E-state index contributed by atoms with van der Waals surface area (Å²) in [7, 11) is 0. The largest absolute Gasteiger partial charge is 0.478 e. The number of ether oxygens (including phenoxy) is 1. The van der Waals surface area contributed by atoms with E-state index in [1.54, 1.807) is 6.20 Å². The van der Waals surface area contributed by atoms with E-state index < -0.39 is 0 Å². The van der Waals surface area contributed by atoms with Crippen molar-refractivity contribution in [2.45, 2.75) is 18.8 Å². The summed E-state index contributed by atoms with van der Waals surface area (Å²) in [5, 5.41) is 4.65. The normalized spacial score (nSPS) is 21.0. The number of hydrogen-bond acceptors (Lipinski definition) is 3. The number of nitrogens with one attached hydrogen (secondary N) is 1. The van der Waals surface area contributed by atoms with Crippen molar-refractivity contribution in [1.29, 1.82) is 0 Å². The second-order valence-corrected chi connectivity index (χ2v) is 6.19. The molecular formula is C17H18Cl2N2O. The van der Waals surface area contributed by atoms with E-state index in [9.17, 15) is 0 Å². The second-order valence-electron chi connectivity index (χ2n) is 5.38. The molecule has 1 aliphatic rings. The van der Waals surface area contributed by atoms with Gasteiger partial charge in [-0.2, -0.15) is 0 Å². The first-order valence-corrected chi connectivity index (χ1v) is 8.19. The van der Waals surface area contributed by atoms with Gasteiger partial charge in [0, 0.05) is 36.7 Å². The zero-order chi connectivity index (χ0) is 15.5. The molecule has 1 aromatic heterocycles. The Kier molecular flexibility index (Phi) is 4.87. The van der Waals surface area contributed by atoms with Gasteiger partial charge in [0.2, 0.25) is 5.88 Å². The highest BCUT2D eigenvalue weighted by molar-refractivity contribution is 6.42. The third-order valence-corrected chi connectivity index (χ3v) is 4.81. The zero-order valence-corrected chi connectivity index (χ0v) is 13.9. The standard InChI is InChI=1S/C17H18Cl2N2O/c1-2-22-17-12(4-3-7-21-17)14-10-20-9-13(14)11-5-6-15(18)16(19)8-11/h3-8,13-14,20H,2,9-10H2,1H3. The van der Waals surface area contributed by atoms with Crippen LogP contribution in [0, 0.1) is 0 Å². The molecule has 0 bridgehead atoms. The number of halogens is 2. The molecular weight excluding hydrogens is 319 g/mol. The molecule has 1 saturated heterocycles. The summed E-state index contributed by atoms with van der Waals surface area (Å²) in [5.74, 6) is 1.37. The van der Waals surface area contributed by atoms with E-state index in [4.69, 9.17) is 27.9 Å². The van der Waals surface area contributed by atoms with Crippen LogP contribution in [0.25, 0.3) is 0 Å². The Morgan fingerprint density at radius 2 is 2.00 bits per heavy atom. The van der Waals surface area contributed by atoms with Crippen molar-refractivity contribution >= 4 is 23.2 Å². The molecule has 2 heterocycles. The van der Waals surface area contributed by atoms with Gasteiger partial charge < -0.3 is 10.1 Å². The lowest BCUT2D eigenvalue weighted by atomic mass is 9.84. The summed E-state index contributed by atoms with van der Waals surface area (Å²) in [4.78, 5) is 4.38. The molecule has 22 heavy (non-hydrogen) atoms. The Balaban J connectivity index is 1.95. The van der Waals surface area contributed by atoms with E-state index in [0.717, 1.165) is 24.5 Å². The van der Waals surface area contributed by atoms with E-state index in [2.05, 4.69) is 22.4 Å². The van der Waals surface area contributed by atoms with Crippen molar-refractivity contribution in [3.8, 4) is 5.88 Å². The van der Waals surface area contributed by atoms with Crippen molar-refractivity contribution in [2.24, 2.45) is 0 Å². The summed E-state index contributed by atoms with van der Waals surface area (Å²) in [6.07, 6.45) is 1.77. The number of rotatable bonds is 4. The highest BCUT2D eigenvalue weighted by Gasteiger charge is 2.32. The summed E-state index contributed by atoms with van der Waals surface area (Å²) < 4.78 is 5.69. The lowest BCUT2D eigenvalue weighted by molar-refractivity contribution is 0.320. The number of pyridine rings is 1. The van der Waals surface area contributed by atoms with Gasteiger partial charge in [-0.3, -0.25) is 0 Å². The Labute approximate surface area is 140 Å². The molecule has 0 spiro atoms. The van der Waals surface area contributed by atoms with Crippen LogP contribution in [0.15, 0.2) is 36.5 Å². The maximum absolute atomic E-state index is 6.18. The Hall–Kier alpha value is -1.29. The molecule has 0 amide bonds. The monoisotopic (exact) mass is 336 g/mol. The van der Waals surface area contributed by atoms with Crippen molar-refractivity contribution in [1.82, 2.24) is 10.3 Å². The number of nitrogens with zero attached hydrogens (tertiary/aromatic N) is 1. The van der Waals surface area contributed by atoms with Gasteiger partial charge in [-0.15, -0.1) is 0 Å².